The summed E-state index contributed by atoms with van der Waals surface area (Å²) >= 11 is 0. The van der Waals surface area contributed by atoms with Crippen LogP contribution in [-0.2, 0) is 0 Å². The van der Waals surface area contributed by atoms with Crippen LogP contribution in [0.25, 0.3) is 123 Å². The van der Waals surface area contributed by atoms with E-state index in [2.05, 4.69) is 221 Å². The lowest BCUT2D eigenvalue weighted by Crippen LogP contribution is -2.06. The van der Waals surface area contributed by atoms with Crippen molar-refractivity contribution in [3.8, 4) is 78.9 Å². The molecule has 0 aliphatic carbocycles. The van der Waals surface area contributed by atoms with Gasteiger partial charge in [-0.1, -0.05) is 194 Å². The molecule has 68 heavy (non-hydrogen) atoms. The van der Waals surface area contributed by atoms with Gasteiger partial charge in [0.05, 0.1) is 22.1 Å². The summed E-state index contributed by atoms with van der Waals surface area (Å²) < 4.78 is 4.61. The lowest BCUT2D eigenvalue weighted by atomic mass is 10.0. The summed E-state index contributed by atoms with van der Waals surface area (Å²) in [6.07, 6.45) is 0. The molecule has 0 N–H and O–H groups in total. The van der Waals surface area contributed by atoms with Crippen LogP contribution in [0.15, 0.2) is 249 Å². The Balaban J connectivity index is 0.957. The lowest BCUT2D eigenvalue weighted by molar-refractivity contribution is 0.953. The molecule has 3 heterocycles. The number of aromatic nitrogens is 5. The fourth-order valence-corrected chi connectivity index (χ4v) is 9.85. The largest absolute Gasteiger partial charge is 0.309 e. The SMILES string of the molecule is c1ccc(-c2ccc3c(c2)c2cc(-c4ccccc4)ccc2n3-c2ccc(-c3ccc4c(c3)c3ccc(-c5ccccc5)cc3n4-c3nc(-c4ccccc4)nc(-c4ccccc4)n3)cc2)cc1. The number of fused-ring (bicyclic) bond motifs is 6. The number of benzene rings is 10. The minimum atomic E-state index is 0.568. The van der Waals surface area contributed by atoms with Gasteiger partial charge in [0.25, 0.3) is 0 Å². The second-order valence-corrected chi connectivity index (χ2v) is 17.3. The molecule has 13 aromatic rings. The van der Waals surface area contributed by atoms with Crippen molar-refractivity contribution in [2.75, 3.05) is 0 Å². The van der Waals surface area contributed by atoms with Crippen molar-refractivity contribution in [3.05, 3.63) is 249 Å². The fraction of sp³-hybridized carbons (Fsp3) is 0. The summed E-state index contributed by atoms with van der Waals surface area (Å²) in [6.45, 7) is 0. The third kappa shape index (κ3) is 6.84. The highest BCUT2D eigenvalue weighted by Gasteiger charge is 2.20. The summed E-state index contributed by atoms with van der Waals surface area (Å²) in [4.78, 5) is 15.4. The number of rotatable bonds is 8. The Morgan fingerprint density at radius 2 is 0.559 bits per heavy atom. The first kappa shape index (κ1) is 39.2. The molecule has 0 unspecified atom stereocenters. The molecular formula is C63H41N5. The summed E-state index contributed by atoms with van der Waals surface area (Å²) in [6, 6.07) is 88.4. The Kier molecular flexibility index (Phi) is 9.43. The summed E-state index contributed by atoms with van der Waals surface area (Å²) in [5.74, 6) is 1.81. The van der Waals surface area contributed by atoms with E-state index in [1.54, 1.807) is 0 Å². The molecular weight excluding hydrogens is 827 g/mol. The van der Waals surface area contributed by atoms with E-state index in [0.717, 1.165) is 60.9 Å². The molecule has 0 saturated heterocycles. The van der Waals surface area contributed by atoms with Crippen molar-refractivity contribution in [1.82, 2.24) is 24.1 Å². The predicted octanol–water partition coefficient (Wildman–Crippen LogP) is 16.1. The van der Waals surface area contributed by atoms with Gasteiger partial charge in [-0.3, -0.25) is 4.57 Å². The van der Waals surface area contributed by atoms with E-state index in [9.17, 15) is 0 Å². The quantitative estimate of drug-likeness (QED) is 0.153. The molecule has 0 radical (unpaired) electrons. The maximum absolute atomic E-state index is 5.21. The first-order valence-corrected chi connectivity index (χ1v) is 23.0. The highest BCUT2D eigenvalue weighted by atomic mass is 15.2. The number of nitrogens with zero attached hydrogens (tertiary/aromatic N) is 5. The van der Waals surface area contributed by atoms with Crippen LogP contribution in [0.5, 0.6) is 0 Å². The molecule has 5 heteroatoms. The van der Waals surface area contributed by atoms with E-state index in [0.29, 0.717) is 17.6 Å². The first-order valence-electron chi connectivity index (χ1n) is 23.0. The van der Waals surface area contributed by atoms with Crippen LogP contribution in [0.2, 0.25) is 0 Å². The van der Waals surface area contributed by atoms with Crippen LogP contribution in [-0.4, -0.2) is 24.1 Å². The van der Waals surface area contributed by atoms with Gasteiger partial charge in [0.2, 0.25) is 5.95 Å². The Hall–Kier alpha value is -9.19. The van der Waals surface area contributed by atoms with Gasteiger partial charge in [0, 0.05) is 38.4 Å². The average molecular weight is 868 g/mol. The van der Waals surface area contributed by atoms with Crippen molar-refractivity contribution >= 4 is 43.6 Å². The molecule has 3 aromatic heterocycles. The zero-order chi connectivity index (χ0) is 45.0. The zero-order valence-corrected chi connectivity index (χ0v) is 36.9. The minimum Gasteiger partial charge on any atom is -0.309 e. The molecule has 0 amide bonds. The maximum Gasteiger partial charge on any atom is 0.238 e. The fourth-order valence-electron chi connectivity index (χ4n) is 9.85. The van der Waals surface area contributed by atoms with E-state index >= 15 is 0 Å². The van der Waals surface area contributed by atoms with Crippen molar-refractivity contribution in [3.63, 3.8) is 0 Å². The Bertz CT molecular complexity index is 3820. The van der Waals surface area contributed by atoms with Crippen LogP contribution < -0.4 is 0 Å². The van der Waals surface area contributed by atoms with Crippen molar-refractivity contribution in [2.24, 2.45) is 0 Å². The predicted molar refractivity (Wildman–Crippen MR) is 281 cm³/mol. The molecule has 0 atom stereocenters. The van der Waals surface area contributed by atoms with E-state index in [1.807, 2.05) is 36.4 Å². The molecule has 0 saturated carbocycles. The Morgan fingerprint density at radius 3 is 1.00 bits per heavy atom. The molecule has 0 fully saturated rings. The van der Waals surface area contributed by atoms with E-state index in [4.69, 9.17) is 15.0 Å². The molecule has 0 aliphatic rings. The van der Waals surface area contributed by atoms with Crippen LogP contribution in [0.4, 0.5) is 0 Å². The van der Waals surface area contributed by atoms with E-state index < -0.39 is 0 Å². The van der Waals surface area contributed by atoms with Gasteiger partial charge in [0.1, 0.15) is 0 Å². The second-order valence-electron chi connectivity index (χ2n) is 17.3. The highest BCUT2D eigenvalue weighted by molar-refractivity contribution is 6.13. The van der Waals surface area contributed by atoms with Crippen LogP contribution >= 0.6 is 0 Å². The zero-order valence-electron chi connectivity index (χ0n) is 36.9. The number of hydrogen-bond acceptors (Lipinski definition) is 3. The third-order valence-corrected chi connectivity index (χ3v) is 13.2. The molecule has 5 nitrogen and oxygen atoms in total. The van der Waals surface area contributed by atoms with Gasteiger partial charge in [-0.25, -0.2) is 4.98 Å². The Labute approximate surface area is 393 Å². The minimum absolute atomic E-state index is 0.568. The molecule has 0 aliphatic heterocycles. The van der Waals surface area contributed by atoms with Crippen molar-refractivity contribution in [1.29, 1.82) is 0 Å². The lowest BCUT2D eigenvalue weighted by Gasteiger charge is -2.12. The molecule has 318 valence electrons. The monoisotopic (exact) mass is 867 g/mol. The van der Waals surface area contributed by atoms with Crippen molar-refractivity contribution < 1.29 is 0 Å². The van der Waals surface area contributed by atoms with Gasteiger partial charge in [0.15, 0.2) is 11.6 Å². The molecule has 13 rings (SSSR count). The second kappa shape index (κ2) is 16.4. The van der Waals surface area contributed by atoms with Gasteiger partial charge in [-0.2, -0.15) is 9.97 Å². The molecule has 10 aromatic carbocycles. The van der Waals surface area contributed by atoms with Gasteiger partial charge < -0.3 is 4.57 Å². The highest BCUT2D eigenvalue weighted by Crippen LogP contribution is 2.40. The normalized spacial score (nSPS) is 11.5. The summed E-state index contributed by atoms with van der Waals surface area (Å²) in [5.41, 5.74) is 16.7. The topological polar surface area (TPSA) is 48.5 Å². The Morgan fingerprint density at radius 1 is 0.221 bits per heavy atom. The third-order valence-electron chi connectivity index (χ3n) is 13.2. The number of hydrogen-bond donors (Lipinski definition) is 0. The van der Waals surface area contributed by atoms with Gasteiger partial charge in [-0.15, -0.1) is 0 Å². The average Bonchev–Trinajstić information content (AvgIpc) is 3.93. The van der Waals surface area contributed by atoms with Crippen molar-refractivity contribution in [2.45, 2.75) is 0 Å². The first-order chi connectivity index (χ1) is 33.7. The van der Waals surface area contributed by atoms with E-state index in [-0.39, 0.29) is 0 Å². The van der Waals surface area contributed by atoms with Gasteiger partial charge >= 0.3 is 0 Å². The smallest absolute Gasteiger partial charge is 0.238 e. The summed E-state index contributed by atoms with van der Waals surface area (Å²) in [5, 5.41) is 4.70. The molecule has 0 spiro atoms. The maximum atomic E-state index is 5.21. The molecule has 0 bridgehead atoms. The van der Waals surface area contributed by atoms with Crippen LogP contribution in [0.3, 0.4) is 0 Å². The standard InChI is InChI=1S/C63H41N5/c1-6-16-42(17-7-1)48-29-35-57-55(39-48)56-40-49(43-18-8-2-9-19-43)30-36-58(56)67(57)52-32-26-45(27-33-52)50-31-37-59-54(38-50)53-34-28-51(44-20-10-3-11-21-44)41-60(53)68(59)63-65-61(46-22-12-4-13-23-46)64-62(66-63)47-24-14-5-15-25-47/h1-41H. The van der Waals surface area contributed by atoms with Crippen LogP contribution in [0.1, 0.15) is 0 Å². The summed E-state index contributed by atoms with van der Waals surface area (Å²) in [7, 11) is 0. The van der Waals surface area contributed by atoms with E-state index in [1.165, 1.54) is 44.1 Å². The van der Waals surface area contributed by atoms with Gasteiger partial charge in [-0.05, 0) is 99.1 Å². The van der Waals surface area contributed by atoms with Crippen LogP contribution in [0, 0.1) is 0 Å².